The highest BCUT2D eigenvalue weighted by molar-refractivity contribution is 5.81. The van der Waals surface area contributed by atoms with E-state index in [2.05, 4.69) is 15.2 Å². The minimum absolute atomic E-state index is 0.0325. The van der Waals surface area contributed by atoms with Gasteiger partial charge in [0.25, 0.3) is 0 Å². The van der Waals surface area contributed by atoms with Crippen molar-refractivity contribution >= 4 is 5.84 Å². The number of aliphatic imine (C=N–C) groups is 1. The molecule has 1 aliphatic rings. The van der Waals surface area contributed by atoms with E-state index in [1.54, 1.807) is 0 Å². The zero-order chi connectivity index (χ0) is 13.4. The van der Waals surface area contributed by atoms with Crippen LogP contribution in [0.3, 0.4) is 0 Å². The Morgan fingerprint density at radius 2 is 1.94 bits per heavy atom. The summed E-state index contributed by atoms with van der Waals surface area (Å²) in [5, 5.41) is 0. The van der Waals surface area contributed by atoms with Crippen LogP contribution in [0.1, 0.15) is 38.5 Å². The number of amidine groups is 1. The smallest absolute Gasteiger partial charge is 0.372 e. The van der Waals surface area contributed by atoms with Crippen LogP contribution < -0.4 is 11.3 Å². The largest absolute Gasteiger partial charge is 0.411 e. The van der Waals surface area contributed by atoms with Crippen LogP contribution in [0.5, 0.6) is 0 Å². The van der Waals surface area contributed by atoms with Gasteiger partial charge in [0.2, 0.25) is 0 Å². The summed E-state index contributed by atoms with van der Waals surface area (Å²) in [5.41, 5.74) is 2.44. The number of alkyl halides is 3. The predicted octanol–water partition coefficient (Wildman–Crippen LogP) is 2.15. The summed E-state index contributed by atoms with van der Waals surface area (Å²) >= 11 is 0. The van der Waals surface area contributed by atoms with Crippen molar-refractivity contribution in [3.05, 3.63) is 0 Å². The molecule has 0 saturated heterocycles. The molecule has 0 aliphatic heterocycles. The fourth-order valence-electron chi connectivity index (χ4n) is 1.96. The van der Waals surface area contributed by atoms with Crippen LogP contribution in [0.4, 0.5) is 13.2 Å². The topological polar surface area (TPSA) is 59.6 Å². The first-order chi connectivity index (χ1) is 8.51. The van der Waals surface area contributed by atoms with Crippen molar-refractivity contribution in [1.29, 1.82) is 0 Å². The SMILES string of the molecule is NNC(CCOCC(F)(F)F)=NC1CCCCC1. The van der Waals surface area contributed by atoms with E-state index in [9.17, 15) is 13.2 Å². The van der Waals surface area contributed by atoms with E-state index < -0.39 is 12.8 Å². The molecule has 18 heavy (non-hydrogen) atoms. The van der Waals surface area contributed by atoms with Gasteiger partial charge in [0.15, 0.2) is 0 Å². The lowest BCUT2D eigenvalue weighted by atomic mass is 9.96. The van der Waals surface area contributed by atoms with Crippen LogP contribution in [0.25, 0.3) is 0 Å². The number of hydrogen-bond acceptors (Lipinski definition) is 3. The van der Waals surface area contributed by atoms with Crippen LogP contribution in [0, 0.1) is 0 Å². The number of hydrazine groups is 1. The van der Waals surface area contributed by atoms with E-state index in [0.717, 1.165) is 25.7 Å². The molecule has 0 aromatic heterocycles. The summed E-state index contributed by atoms with van der Waals surface area (Å²) in [6.45, 7) is -1.26. The molecule has 1 fully saturated rings. The zero-order valence-corrected chi connectivity index (χ0v) is 10.3. The van der Waals surface area contributed by atoms with Crippen molar-refractivity contribution < 1.29 is 17.9 Å². The maximum atomic E-state index is 11.8. The van der Waals surface area contributed by atoms with E-state index in [1.807, 2.05) is 0 Å². The van der Waals surface area contributed by atoms with Gasteiger partial charge in [0, 0.05) is 6.42 Å². The first-order valence-electron chi connectivity index (χ1n) is 6.19. The average Bonchev–Trinajstić information content (AvgIpc) is 2.33. The summed E-state index contributed by atoms with van der Waals surface area (Å²) in [6.07, 6.45) is 1.57. The monoisotopic (exact) mass is 267 g/mol. The van der Waals surface area contributed by atoms with Crippen molar-refractivity contribution in [2.45, 2.75) is 50.7 Å². The Bertz CT molecular complexity index is 263. The normalized spacial score (nSPS) is 19.0. The van der Waals surface area contributed by atoms with Gasteiger partial charge in [-0.25, -0.2) is 5.84 Å². The first kappa shape index (κ1) is 15.2. The number of hydrogen-bond donors (Lipinski definition) is 2. The molecule has 0 aromatic rings. The number of rotatable bonds is 5. The number of halogens is 3. The molecular formula is C11H20F3N3O. The van der Waals surface area contributed by atoms with Crippen LogP contribution in [0.15, 0.2) is 4.99 Å². The molecule has 0 spiro atoms. The van der Waals surface area contributed by atoms with Crippen molar-refractivity contribution in [1.82, 2.24) is 5.43 Å². The minimum atomic E-state index is -4.28. The molecule has 1 saturated carbocycles. The Morgan fingerprint density at radius 1 is 1.28 bits per heavy atom. The van der Waals surface area contributed by atoms with Gasteiger partial charge >= 0.3 is 6.18 Å². The summed E-state index contributed by atoms with van der Waals surface area (Å²) in [4.78, 5) is 4.41. The van der Waals surface area contributed by atoms with Gasteiger partial charge in [0.1, 0.15) is 12.4 Å². The van der Waals surface area contributed by atoms with Gasteiger partial charge in [-0.05, 0) is 12.8 Å². The Labute approximate surface area is 105 Å². The molecule has 0 bridgehead atoms. The summed E-state index contributed by atoms with van der Waals surface area (Å²) in [5.74, 6) is 5.82. The van der Waals surface area contributed by atoms with Crippen LogP contribution in [-0.2, 0) is 4.74 Å². The van der Waals surface area contributed by atoms with Gasteiger partial charge in [0.05, 0.1) is 12.6 Å². The third-order valence-electron chi connectivity index (χ3n) is 2.83. The maximum absolute atomic E-state index is 11.8. The zero-order valence-electron chi connectivity index (χ0n) is 10.3. The predicted molar refractivity (Wildman–Crippen MR) is 63.1 cm³/mol. The van der Waals surface area contributed by atoms with E-state index in [1.165, 1.54) is 6.42 Å². The first-order valence-corrected chi connectivity index (χ1v) is 6.19. The third-order valence-corrected chi connectivity index (χ3v) is 2.83. The lowest BCUT2D eigenvalue weighted by Crippen LogP contribution is -2.33. The third kappa shape index (κ3) is 6.80. The van der Waals surface area contributed by atoms with E-state index in [0.29, 0.717) is 5.84 Å². The fourth-order valence-corrected chi connectivity index (χ4v) is 1.96. The van der Waals surface area contributed by atoms with Crippen LogP contribution in [0.2, 0.25) is 0 Å². The Balaban J connectivity index is 2.25. The number of ether oxygens (including phenoxy) is 1. The molecule has 0 amide bonds. The van der Waals surface area contributed by atoms with Crippen molar-refractivity contribution in [3.63, 3.8) is 0 Å². The van der Waals surface area contributed by atoms with Gasteiger partial charge in [-0.15, -0.1) is 0 Å². The molecule has 0 heterocycles. The molecule has 1 aliphatic carbocycles. The molecule has 7 heteroatoms. The molecule has 0 atom stereocenters. The average molecular weight is 267 g/mol. The second-order valence-corrected chi connectivity index (χ2v) is 4.43. The quantitative estimate of drug-likeness (QED) is 0.264. The van der Waals surface area contributed by atoms with Crippen molar-refractivity contribution in [3.8, 4) is 0 Å². The number of nitrogens with zero attached hydrogens (tertiary/aromatic N) is 1. The molecular weight excluding hydrogens is 247 g/mol. The number of nitrogens with two attached hydrogens (primary N) is 1. The summed E-state index contributed by atoms with van der Waals surface area (Å²) in [7, 11) is 0. The number of nitrogens with one attached hydrogen (secondary N) is 1. The van der Waals surface area contributed by atoms with E-state index in [-0.39, 0.29) is 19.1 Å². The molecule has 0 radical (unpaired) electrons. The second kappa shape index (κ2) is 7.58. The molecule has 106 valence electrons. The Morgan fingerprint density at radius 3 is 2.50 bits per heavy atom. The standard InChI is InChI=1S/C11H20F3N3O/c12-11(13,14)8-18-7-6-10(17-15)16-9-4-2-1-3-5-9/h9H,1-8,15H2,(H,16,17). The molecule has 3 N–H and O–H groups in total. The highest BCUT2D eigenvalue weighted by atomic mass is 19.4. The van der Waals surface area contributed by atoms with Gasteiger partial charge in [-0.2, -0.15) is 13.2 Å². The van der Waals surface area contributed by atoms with Gasteiger partial charge < -0.3 is 10.2 Å². The fraction of sp³-hybridized carbons (Fsp3) is 0.909. The summed E-state index contributed by atoms with van der Waals surface area (Å²) < 4.78 is 40.0. The van der Waals surface area contributed by atoms with Crippen LogP contribution in [-0.4, -0.2) is 31.3 Å². The van der Waals surface area contributed by atoms with Crippen molar-refractivity contribution in [2.75, 3.05) is 13.2 Å². The minimum Gasteiger partial charge on any atom is -0.372 e. The molecule has 1 rings (SSSR count). The Hall–Kier alpha value is -0.820. The van der Waals surface area contributed by atoms with E-state index in [4.69, 9.17) is 5.84 Å². The molecule has 0 unspecified atom stereocenters. The highest BCUT2D eigenvalue weighted by Gasteiger charge is 2.27. The summed E-state index contributed by atoms with van der Waals surface area (Å²) in [6, 6.07) is 0.243. The molecule has 4 nitrogen and oxygen atoms in total. The van der Waals surface area contributed by atoms with Gasteiger partial charge in [-0.3, -0.25) is 4.99 Å². The molecule has 0 aromatic carbocycles. The lowest BCUT2D eigenvalue weighted by Gasteiger charge is -2.19. The van der Waals surface area contributed by atoms with Crippen LogP contribution >= 0.6 is 0 Å². The maximum Gasteiger partial charge on any atom is 0.411 e. The Kier molecular flexibility index (Phi) is 6.42. The highest BCUT2D eigenvalue weighted by Crippen LogP contribution is 2.20. The second-order valence-electron chi connectivity index (χ2n) is 4.43. The van der Waals surface area contributed by atoms with Gasteiger partial charge in [-0.1, -0.05) is 19.3 Å². The van der Waals surface area contributed by atoms with Crippen molar-refractivity contribution in [2.24, 2.45) is 10.8 Å². The van der Waals surface area contributed by atoms with E-state index >= 15 is 0 Å². The lowest BCUT2D eigenvalue weighted by molar-refractivity contribution is -0.173.